The van der Waals surface area contributed by atoms with Crippen molar-refractivity contribution in [1.29, 1.82) is 0 Å². The zero-order valence-corrected chi connectivity index (χ0v) is 10.4. The maximum atomic E-state index is 11.8. The number of benzene rings is 1. The minimum atomic E-state index is -1.30. The van der Waals surface area contributed by atoms with E-state index in [1.165, 1.54) is 0 Å². The van der Waals surface area contributed by atoms with Crippen molar-refractivity contribution in [2.24, 2.45) is 0 Å². The first-order valence-corrected chi connectivity index (χ1v) is 5.81. The van der Waals surface area contributed by atoms with Gasteiger partial charge in [-0.05, 0) is 24.6 Å². The number of aromatic nitrogens is 1. The highest BCUT2D eigenvalue weighted by Crippen LogP contribution is 2.14. The molecule has 0 fully saturated rings. The minimum Gasteiger partial charge on any atom is -0.478 e. The molecule has 2 aliphatic rings. The molecule has 2 N–H and O–H groups in total. The third-order valence-electron chi connectivity index (χ3n) is 3.04. The molecular weight excluding hydrogens is 262 g/mol. The first-order valence-electron chi connectivity index (χ1n) is 5.81. The number of fused-ring (bicyclic) bond motifs is 1. The maximum absolute atomic E-state index is 11.8. The van der Waals surface area contributed by atoms with Crippen LogP contribution in [0.4, 0.5) is 0 Å². The number of carboxylic acids is 1. The van der Waals surface area contributed by atoms with E-state index in [2.05, 4.69) is 4.98 Å². The van der Waals surface area contributed by atoms with Crippen LogP contribution in [0.15, 0.2) is 38.3 Å². The predicted octanol–water partition coefficient (Wildman–Crippen LogP) is 1.21. The van der Waals surface area contributed by atoms with Gasteiger partial charge in [-0.3, -0.25) is 9.59 Å². The molecule has 3 rings (SSSR count). The average Bonchev–Trinajstić information content (AvgIpc) is 2.41. The fourth-order valence-electron chi connectivity index (χ4n) is 2.07. The van der Waals surface area contributed by atoms with E-state index >= 15 is 0 Å². The number of carbonyl (C=O) groups is 1. The van der Waals surface area contributed by atoms with Gasteiger partial charge in [-0.25, -0.2) is 4.79 Å². The molecule has 0 saturated carbocycles. The van der Waals surface area contributed by atoms with Crippen LogP contribution in [0.1, 0.15) is 15.9 Å². The normalized spacial score (nSPS) is 11.1. The average molecular weight is 271 g/mol. The summed E-state index contributed by atoms with van der Waals surface area (Å²) in [5.41, 5.74) is -0.467. The Morgan fingerprint density at radius 2 is 2.00 bits per heavy atom. The van der Waals surface area contributed by atoms with Crippen LogP contribution in [0.5, 0.6) is 0 Å². The van der Waals surface area contributed by atoms with Gasteiger partial charge in [0.25, 0.3) is 5.43 Å². The van der Waals surface area contributed by atoms with Gasteiger partial charge in [0.05, 0.1) is 11.1 Å². The Morgan fingerprint density at radius 3 is 2.70 bits per heavy atom. The quantitative estimate of drug-likeness (QED) is 0.648. The van der Waals surface area contributed by atoms with Gasteiger partial charge in [-0.2, -0.15) is 0 Å². The highest BCUT2D eigenvalue weighted by molar-refractivity contribution is 5.87. The second-order valence-electron chi connectivity index (χ2n) is 4.49. The lowest BCUT2D eigenvalue weighted by atomic mass is 10.2. The number of nitrogens with one attached hydrogen (secondary N) is 1. The molecule has 1 aromatic carbocycles. The molecule has 1 aliphatic heterocycles. The molecule has 1 aliphatic carbocycles. The predicted molar refractivity (Wildman–Crippen MR) is 70.1 cm³/mol. The van der Waals surface area contributed by atoms with E-state index < -0.39 is 16.8 Å². The fraction of sp³-hybridized carbons (Fsp3) is 0.0714. The second-order valence-corrected chi connectivity index (χ2v) is 4.49. The summed E-state index contributed by atoms with van der Waals surface area (Å²) >= 11 is 0. The van der Waals surface area contributed by atoms with Crippen LogP contribution in [-0.4, -0.2) is 16.1 Å². The smallest absolute Gasteiger partial charge is 0.338 e. The van der Waals surface area contributed by atoms with Gasteiger partial charge in [-0.15, -0.1) is 0 Å². The van der Waals surface area contributed by atoms with E-state index in [1.807, 2.05) is 13.0 Å². The molecule has 6 nitrogen and oxygen atoms in total. The number of hydrogen-bond acceptors (Lipinski definition) is 4. The molecule has 6 heteroatoms. The van der Waals surface area contributed by atoms with Crippen LogP contribution < -0.4 is 10.9 Å². The molecule has 1 heterocycles. The van der Waals surface area contributed by atoms with Crippen molar-refractivity contribution in [3.63, 3.8) is 0 Å². The summed E-state index contributed by atoms with van der Waals surface area (Å²) < 4.78 is 5.42. The zero-order valence-electron chi connectivity index (χ0n) is 10.4. The van der Waals surface area contributed by atoms with Crippen molar-refractivity contribution in [3.8, 4) is 0 Å². The van der Waals surface area contributed by atoms with Crippen molar-refractivity contribution < 1.29 is 14.3 Å². The Labute approximate surface area is 110 Å². The highest BCUT2D eigenvalue weighted by atomic mass is 16.4. The van der Waals surface area contributed by atoms with Gasteiger partial charge in [0.15, 0.2) is 5.58 Å². The molecule has 0 aromatic heterocycles. The Bertz CT molecular complexity index is 1030. The molecule has 0 atom stereocenters. The molecule has 0 radical (unpaired) electrons. The SMILES string of the molecule is Cc1ccc2[nH]c3c(C(=O)O)cc(=O)c(=O)c=3oc2c1. The van der Waals surface area contributed by atoms with Gasteiger partial charge in [0.1, 0.15) is 5.35 Å². The monoisotopic (exact) mass is 271 g/mol. The minimum absolute atomic E-state index is 0.0125. The van der Waals surface area contributed by atoms with Crippen LogP contribution in [0.2, 0.25) is 0 Å². The molecule has 100 valence electrons. The number of rotatable bonds is 1. The first-order chi connectivity index (χ1) is 9.47. The molecule has 20 heavy (non-hydrogen) atoms. The van der Waals surface area contributed by atoms with E-state index in [-0.39, 0.29) is 16.3 Å². The van der Waals surface area contributed by atoms with E-state index in [0.717, 1.165) is 11.6 Å². The molecule has 0 saturated heterocycles. The number of aromatic amines is 1. The zero-order chi connectivity index (χ0) is 14.4. The Morgan fingerprint density at radius 1 is 1.25 bits per heavy atom. The van der Waals surface area contributed by atoms with E-state index in [4.69, 9.17) is 9.52 Å². The summed E-state index contributed by atoms with van der Waals surface area (Å²) in [6.07, 6.45) is 0. The van der Waals surface area contributed by atoms with Crippen LogP contribution in [0.3, 0.4) is 0 Å². The molecule has 0 spiro atoms. The summed E-state index contributed by atoms with van der Waals surface area (Å²) in [5.74, 6) is -1.30. The molecule has 1 aromatic rings. The molecular formula is C14H9NO5. The van der Waals surface area contributed by atoms with Gasteiger partial charge >= 0.3 is 5.97 Å². The van der Waals surface area contributed by atoms with Crippen LogP contribution in [0, 0.1) is 17.7 Å². The van der Waals surface area contributed by atoms with Crippen molar-refractivity contribution in [1.82, 2.24) is 4.98 Å². The lowest BCUT2D eigenvalue weighted by Gasteiger charge is -2.02. The first kappa shape index (κ1) is 12.2. The number of aromatic carboxylic acids is 1. The maximum Gasteiger partial charge on any atom is 0.338 e. The fourth-order valence-corrected chi connectivity index (χ4v) is 2.07. The van der Waals surface area contributed by atoms with E-state index in [0.29, 0.717) is 11.1 Å². The van der Waals surface area contributed by atoms with E-state index in [1.54, 1.807) is 12.1 Å². The Kier molecular flexibility index (Phi) is 2.47. The van der Waals surface area contributed by atoms with Crippen molar-refractivity contribution in [3.05, 3.63) is 66.6 Å². The number of hydrogen-bond donors (Lipinski definition) is 2. The lowest BCUT2D eigenvalue weighted by Crippen LogP contribution is -2.26. The van der Waals surface area contributed by atoms with Gasteiger partial charge < -0.3 is 14.5 Å². The summed E-state index contributed by atoms with van der Waals surface area (Å²) in [6, 6.07) is 6.04. The van der Waals surface area contributed by atoms with Gasteiger partial charge in [0.2, 0.25) is 10.8 Å². The van der Waals surface area contributed by atoms with Crippen molar-refractivity contribution in [2.45, 2.75) is 6.92 Å². The number of carboxylic acid groups (broad SMARTS) is 1. The van der Waals surface area contributed by atoms with Gasteiger partial charge in [-0.1, -0.05) is 6.07 Å². The Balaban J connectivity index is 2.67. The standard InChI is InChI=1S/C14H9NO5/c1-6-2-3-8-10(4-6)20-13-11(15-8)7(14(18)19)5-9(16)12(13)17/h2-5,15H,1H3,(H,18,19). The summed E-state index contributed by atoms with van der Waals surface area (Å²) in [5, 5.41) is 9.12. The van der Waals surface area contributed by atoms with E-state index in [9.17, 15) is 14.4 Å². The van der Waals surface area contributed by atoms with Crippen molar-refractivity contribution >= 4 is 17.1 Å². The topological polar surface area (TPSA) is 100 Å². The lowest BCUT2D eigenvalue weighted by molar-refractivity contribution is 0.0695. The summed E-state index contributed by atoms with van der Waals surface area (Å²) in [6.45, 7) is 1.85. The third-order valence-corrected chi connectivity index (χ3v) is 3.04. The van der Waals surface area contributed by atoms with Crippen LogP contribution in [0.25, 0.3) is 11.1 Å². The largest absolute Gasteiger partial charge is 0.478 e. The van der Waals surface area contributed by atoms with Gasteiger partial charge in [0, 0.05) is 6.07 Å². The number of H-pyrrole nitrogens is 1. The van der Waals surface area contributed by atoms with Crippen LogP contribution >= 0.6 is 0 Å². The molecule has 0 amide bonds. The number of aryl methyl sites for hydroxylation is 1. The highest BCUT2D eigenvalue weighted by Gasteiger charge is 2.14. The second kappa shape index (κ2) is 4.06. The van der Waals surface area contributed by atoms with Crippen molar-refractivity contribution in [2.75, 3.05) is 0 Å². The Hall–Kier alpha value is -2.89. The summed E-state index contributed by atoms with van der Waals surface area (Å²) in [4.78, 5) is 37.3. The molecule has 0 bridgehead atoms. The third kappa shape index (κ3) is 1.70. The van der Waals surface area contributed by atoms with Crippen LogP contribution in [-0.2, 0) is 0 Å². The summed E-state index contributed by atoms with van der Waals surface area (Å²) in [7, 11) is 0. The molecule has 0 unspecified atom stereocenters.